The first-order valence-corrected chi connectivity index (χ1v) is 8.35. The summed E-state index contributed by atoms with van der Waals surface area (Å²) in [5.41, 5.74) is 3.99. The summed E-state index contributed by atoms with van der Waals surface area (Å²) in [7, 11) is 0. The van der Waals surface area contributed by atoms with E-state index in [9.17, 15) is 14.3 Å². The van der Waals surface area contributed by atoms with Crippen LogP contribution in [0.2, 0.25) is 0 Å². The molecule has 27 heavy (non-hydrogen) atoms. The number of nitrogen functional groups attached to an aromatic ring is 1. The van der Waals surface area contributed by atoms with Gasteiger partial charge < -0.3 is 20.3 Å². The fourth-order valence-electron chi connectivity index (χ4n) is 3.17. The number of anilines is 1. The lowest BCUT2D eigenvalue weighted by Crippen LogP contribution is -2.48. The zero-order chi connectivity index (χ0) is 19.4. The van der Waals surface area contributed by atoms with Gasteiger partial charge in [0.2, 0.25) is 0 Å². The second kappa shape index (κ2) is 7.88. The monoisotopic (exact) mass is 373 g/mol. The second-order valence-electron chi connectivity index (χ2n) is 6.32. The van der Waals surface area contributed by atoms with E-state index in [0.717, 1.165) is 10.1 Å². The van der Waals surface area contributed by atoms with Crippen molar-refractivity contribution in [2.45, 2.75) is 24.5 Å². The van der Waals surface area contributed by atoms with Gasteiger partial charge in [-0.3, -0.25) is 4.57 Å². The summed E-state index contributed by atoms with van der Waals surface area (Å²) in [4.78, 5) is 15.8. The van der Waals surface area contributed by atoms with Gasteiger partial charge in [-0.15, -0.1) is 6.42 Å². The Labute approximate surface area is 155 Å². The minimum absolute atomic E-state index is 0.0438. The summed E-state index contributed by atoms with van der Waals surface area (Å²) < 4.78 is 26.7. The number of ether oxygens (including phenoxy) is 2. The van der Waals surface area contributed by atoms with Gasteiger partial charge in [-0.1, -0.05) is 36.3 Å². The van der Waals surface area contributed by atoms with Crippen LogP contribution in [0.4, 0.5) is 10.2 Å². The van der Waals surface area contributed by atoms with Gasteiger partial charge in [-0.2, -0.15) is 4.98 Å². The maximum atomic E-state index is 13.9. The van der Waals surface area contributed by atoms with Crippen LogP contribution in [0.5, 0.6) is 0 Å². The number of halogens is 1. The summed E-state index contributed by atoms with van der Waals surface area (Å²) >= 11 is 0. The molecule has 0 amide bonds. The van der Waals surface area contributed by atoms with E-state index in [0.29, 0.717) is 0 Å². The molecule has 1 fully saturated rings. The summed E-state index contributed by atoms with van der Waals surface area (Å²) in [5.74, 6) is 1.74. The molecule has 1 aromatic heterocycles. The van der Waals surface area contributed by atoms with Crippen LogP contribution in [-0.4, -0.2) is 39.6 Å². The largest absolute Gasteiger partial charge is 0.393 e. The average Bonchev–Trinajstić information content (AvgIpc) is 3.01. The first kappa shape index (κ1) is 19.0. The van der Waals surface area contributed by atoms with E-state index < -0.39 is 42.8 Å². The van der Waals surface area contributed by atoms with E-state index in [1.54, 1.807) is 0 Å². The molecule has 0 bridgehead atoms. The third-order valence-electron chi connectivity index (χ3n) is 4.59. The molecule has 3 N–H and O–H groups in total. The highest BCUT2D eigenvalue weighted by Gasteiger charge is 2.56. The Morgan fingerprint density at radius 3 is 2.74 bits per heavy atom. The highest BCUT2D eigenvalue weighted by atomic mass is 19.1. The van der Waals surface area contributed by atoms with Crippen LogP contribution < -0.4 is 11.4 Å². The van der Waals surface area contributed by atoms with Crippen molar-refractivity contribution in [2.75, 3.05) is 19.0 Å². The molecule has 1 saturated heterocycles. The maximum Gasteiger partial charge on any atom is 0.351 e. The van der Waals surface area contributed by atoms with E-state index >= 15 is 0 Å². The van der Waals surface area contributed by atoms with Crippen molar-refractivity contribution in [1.29, 1.82) is 0 Å². The van der Waals surface area contributed by atoms with Gasteiger partial charge in [0.05, 0.1) is 19.1 Å². The molecule has 0 saturated carbocycles. The Balaban J connectivity index is 1.94. The van der Waals surface area contributed by atoms with Crippen LogP contribution in [0.15, 0.2) is 47.4 Å². The smallest absolute Gasteiger partial charge is 0.351 e. The van der Waals surface area contributed by atoms with Crippen LogP contribution in [0, 0.1) is 18.3 Å². The standard InChI is InChI=1S/C19H20FN3O4/c1-2-14-16(26-10-13-6-4-3-5-7-13)19(11-20,12-24)27-17(14)23-9-8-15(21)22-18(23)25/h1,3-9,14,16-17,24H,10-12H2,(H2,21,22,25)/t14-,16-,17+,19+/m0/s1. The molecule has 1 aliphatic heterocycles. The lowest BCUT2D eigenvalue weighted by Gasteiger charge is -2.30. The first-order chi connectivity index (χ1) is 13.0. The topological polar surface area (TPSA) is 99.6 Å². The quantitative estimate of drug-likeness (QED) is 0.730. The molecule has 142 valence electrons. The molecule has 2 aromatic rings. The number of nitrogens with two attached hydrogens (primary N) is 1. The molecule has 0 spiro atoms. The number of hydrogen-bond donors (Lipinski definition) is 2. The minimum Gasteiger partial charge on any atom is -0.393 e. The third-order valence-corrected chi connectivity index (χ3v) is 4.59. The van der Waals surface area contributed by atoms with Crippen molar-refractivity contribution >= 4 is 5.82 Å². The number of benzene rings is 1. The van der Waals surface area contributed by atoms with E-state index in [2.05, 4.69) is 10.9 Å². The molecule has 0 radical (unpaired) electrons. The Hall–Kier alpha value is -2.73. The Morgan fingerprint density at radius 1 is 1.41 bits per heavy atom. The van der Waals surface area contributed by atoms with Gasteiger partial charge in [-0.05, 0) is 11.6 Å². The number of hydrogen-bond acceptors (Lipinski definition) is 6. The first-order valence-electron chi connectivity index (χ1n) is 8.35. The van der Waals surface area contributed by atoms with Crippen molar-refractivity contribution < 1.29 is 19.0 Å². The average molecular weight is 373 g/mol. The minimum atomic E-state index is -1.68. The number of aromatic nitrogens is 2. The Morgan fingerprint density at radius 2 is 2.15 bits per heavy atom. The fraction of sp³-hybridized carbons (Fsp3) is 0.368. The van der Waals surface area contributed by atoms with Crippen LogP contribution in [0.25, 0.3) is 0 Å². The van der Waals surface area contributed by atoms with Crippen LogP contribution in [0.3, 0.4) is 0 Å². The van der Waals surface area contributed by atoms with E-state index in [1.165, 1.54) is 12.3 Å². The zero-order valence-electron chi connectivity index (χ0n) is 14.5. The SMILES string of the molecule is C#C[C@@H]1[C@H](n2ccc(N)nc2=O)O[C@@](CO)(CF)[C@H]1OCc1ccccc1. The summed E-state index contributed by atoms with van der Waals surface area (Å²) in [6.45, 7) is -1.54. The highest BCUT2D eigenvalue weighted by molar-refractivity contribution is 5.24. The summed E-state index contributed by atoms with van der Waals surface area (Å²) in [6, 6.07) is 10.7. The highest BCUT2D eigenvalue weighted by Crippen LogP contribution is 2.43. The molecule has 8 heteroatoms. The number of aliphatic hydroxyl groups excluding tert-OH is 1. The molecular formula is C19H20FN3O4. The number of rotatable bonds is 6. The van der Waals surface area contributed by atoms with Crippen molar-refractivity contribution in [3.8, 4) is 12.3 Å². The van der Waals surface area contributed by atoms with Crippen LogP contribution >= 0.6 is 0 Å². The molecule has 4 atom stereocenters. The summed E-state index contributed by atoms with van der Waals surface area (Å²) in [6.07, 6.45) is 5.02. The lowest BCUT2D eigenvalue weighted by molar-refractivity contribution is -0.152. The predicted octanol–water partition coefficient (Wildman–Crippen LogP) is 0.890. The van der Waals surface area contributed by atoms with Gasteiger partial charge in [0.25, 0.3) is 0 Å². The lowest BCUT2D eigenvalue weighted by atomic mass is 9.91. The van der Waals surface area contributed by atoms with Crippen LogP contribution in [-0.2, 0) is 16.1 Å². The van der Waals surface area contributed by atoms with E-state index in [1.807, 2.05) is 30.3 Å². The maximum absolute atomic E-state index is 13.9. The van der Waals surface area contributed by atoms with Crippen molar-refractivity contribution in [3.05, 3.63) is 58.6 Å². The van der Waals surface area contributed by atoms with Gasteiger partial charge in [-0.25, -0.2) is 9.18 Å². The predicted molar refractivity (Wildman–Crippen MR) is 96.2 cm³/mol. The Bertz CT molecular complexity index is 877. The van der Waals surface area contributed by atoms with Gasteiger partial charge in [0, 0.05) is 6.20 Å². The molecule has 7 nitrogen and oxygen atoms in total. The van der Waals surface area contributed by atoms with Crippen molar-refractivity contribution in [1.82, 2.24) is 9.55 Å². The number of nitrogens with zero attached hydrogens (tertiary/aromatic N) is 2. The molecule has 2 heterocycles. The third kappa shape index (κ3) is 3.57. The number of alkyl halides is 1. The molecular weight excluding hydrogens is 353 g/mol. The summed E-state index contributed by atoms with van der Waals surface area (Å²) in [5, 5.41) is 9.84. The zero-order valence-corrected chi connectivity index (χ0v) is 14.5. The number of terminal acetylenes is 1. The van der Waals surface area contributed by atoms with Crippen molar-refractivity contribution in [2.24, 2.45) is 5.92 Å². The molecule has 0 aliphatic carbocycles. The fourth-order valence-corrected chi connectivity index (χ4v) is 3.17. The van der Waals surface area contributed by atoms with Gasteiger partial charge in [0.1, 0.15) is 24.2 Å². The number of aliphatic hydroxyl groups is 1. The van der Waals surface area contributed by atoms with Crippen molar-refractivity contribution in [3.63, 3.8) is 0 Å². The Kier molecular flexibility index (Phi) is 5.56. The normalized spacial score (nSPS) is 27.4. The molecule has 1 aliphatic rings. The second-order valence-corrected chi connectivity index (χ2v) is 6.32. The van der Waals surface area contributed by atoms with Gasteiger partial charge in [0.15, 0.2) is 6.23 Å². The molecule has 3 rings (SSSR count). The van der Waals surface area contributed by atoms with Crippen LogP contribution in [0.1, 0.15) is 11.8 Å². The van der Waals surface area contributed by atoms with E-state index in [4.69, 9.17) is 21.6 Å². The molecule has 1 aromatic carbocycles. The van der Waals surface area contributed by atoms with Gasteiger partial charge >= 0.3 is 5.69 Å². The van der Waals surface area contributed by atoms with E-state index in [-0.39, 0.29) is 12.4 Å². The molecule has 0 unspecified atom stereocenters.